The maximum absolute atomic E-state index is 5.99. The number of aromatic nitrogens is 2. The molecule has 0 aliphatic carbocycles. The van der Waals surface area contributed by atoms with Crippen LogP contribution in [0.2, 0.25) is 0 Å². The molecule has 0 spiro atoms. The lowest BCUT2D eigenvalue weighted by Crippen LogP contribution is -1.97. The molecule has 0 fully saturated rings. The number of benzene rings is 2. The molecule has 0 saturated carbocycles. The summed E-state index contributed by atoms with van der Waals surface area (Å²) in [6.45, 7) is 0. The van der Waals surface area contributed by atoms with E-state index in [2.05, 4.69) is 20.3 Å². The van der Waals surface area contributed by atoms with Gasteiger partial charge in [-0.25, -0.2) is 4.63 Å². The monoisotopic (exact) mass is 241 g/mol. The molecule has 2 aromatic carbocycles. The molecule has 0 aliphatic heterocycles. The highest BCUT2D eigenvalue weighted by atomic mass is 16.6. The van der Waals surface area contributed by atoms with E-state index in [-0.39, 0.29) is 0 Å². The molecule has 6 nitrogen and oxygen atoms in total. The Morgan fingerprint density at radius 2 is 1.94 bits per heavy atom. The molecule has 0 atom stereocenters. The normalized spacial score (nSPS) is 10.7. The topological polar surface area (TPSA) is 103 Å². The van der Waals surface area contributed by atoms with Crippen molar-refractivity contribution < 1.29 is 4.63 Å². The van der Waals surface area contributed by atoms with E-state index in [0.29, 0.717) is 22.4 Å². The second-order valence-corrected chi connectivity index (χ2v) is 3.91. The molecule has 1 heterocycles. The van der Waals surface area contributed by atoms with Gasteiger partial charge in [0, 0.05) is 11.4 Å². The molecule has 6 heteroatoms. The van der Waals surface area contributed by atoms with Gasteiger partial charge in [-0.3, -0.25) is 0 Å². The number of fused-ring (bicyclic) bond motifs is 1. The quantitative estimate of drug-likeness (QED) is 0.594. The number of hydrogen-bond acceptors (Lipinski definition) is 6. The van der Waals surface area contributed by atoms with Gasteiger partial charge in [0.15, 0.2) is 5.52 Å². The van der Waals surface area contributed by atoms with Gasteiger partial charge in [0.05, 0.1) is 11.4 Å². The molecule has 90 valence electrons. The van der Waals surface area contributed by atoms with E-state index in [1.165, 1.54) is 0 Å². The Balaban J connectivity index is 2.02. The van der Waals surface area contributed by atoms with Gasteiger partial charge in [-0.05, 0) is 40.6 Å². The van der Waals surface area contributed by atoms with Crippen molar-refractivity contribution in [3.8, 4) is 0 Å². The first kappa shape index (κ1) is 10.4. The molecular weight excluding hydrogens is 230 g/mol. The maximum Gasteiger partial charge on any atom is 0.160 e. The van der Waals surface area contributed by atoms with Crippen LogP contribution in [-0.4, -0.2) is 10.3 Å². The molecule has 0 aliphatic rings. The average molecular weight is 241 g/mol. The molecular formula is C12H11N5O. The minimum absolute atomic E-state index is 0.496. The summed E-state index contributed by atoms with van der Waals surface area (Å²) >= 11 is 0. The fraction of sp³-hybridized carbons (Fsp3) is 0. The Kier molecular flexibility index (Phi) is 2.26. The van der Waals surface area contributed by atoms with Crippen LogP contribution >= 0.6 is 0 Å². The number of anilines is 4. The summed E-state index contributed by atoms with van der Waals surface area (Å²) in [4.78, 5) is 0. The van der Waals surface area contributed by atoms with Gasteiger partial charge in [0.25, 0.3) is 0 Å². The zero-order valence-corrected chi connectivity index (χ0v) is 9.42. The Morgan fingerprint density at radius 3 is 2.78 bits per heavy atom. The predicted octanol–water partition coefficient (Wildman–Crippen LogP) is 2.13. The third-order valence-electron chi connectivity index (χ3n) is 2.63. The van der Waals surface area contributed by atoms with Crippen molar-refractivity contribution in [3.63, 3.8) is 0 Å². The van der Waals surface area contributed by atoms with Crippen molar-refractivity contribution in [1.82, 2.24) is 10.3 Å². The summed E-state index contributed by atoms with van der Waals surface area (Å²) in [5.74, 6) is 0. The molecule has 0 amide bonds. The summed E-state index contributed by atoms with van der Waals surface area (Å²) in [5, 5.41) is 10.7. The molecule has 0 bridgehead atoms. The Labute approximate surface area is 103 Å². The van der Waals surface area contributed by atoms with Gasteiger partial charge >= 0.3 is 0 Å². The Hall–Kier alpha value is -2.76. The van der Waals surface area contributed by atoms with Crippen molar-refractivity contribution in [2.24, 2.45) is 0 Å². The van der Waals surface area contributed by atoms with Crippen molar-refractivity contribution in [2.75, 3.05) is 16.8 Å². The van der Waals surface area contributed by atoms with Gasteiger partial charge in [0.1, 0.15) is 5.52 Å². The number of rotatable bonds is 2. The van der Waals surface area contributed by atoms with Gasteiger partial charge in [0.2, 0.25) is 0 Å². The zero-order chi connectivity index (χ0) is 12.5. The van der Waals surface area contributed by atoms with E-state index in [0.717, 1.165) is 11.4 Å². The average Bonchev–Trinajstić information content (AvgIpc) is 2.82. The van der Waals surface area contributed by atoms with Crippen molar-refractivity contribution in [3.05, 3.63) is 36.4 Å². The first-order valence-corrected chi connectivity index (χ1v) is 5.37. The van der Waals surface area contributed by atoms with Crippen LogP contribution in [0.3, 0.4) is 0 Å². The standard InChI is InChI=1S/C12H11N5O/c13-7-2-1-3-8(6-7)15-9-4-5-10-12(11(9)14)17-18-16-10/h1-6,15H,13-14H2. The molecule has 3 aromatic rings. The van der Waals surface area contributed by atoms with Crippen LogP contribution < -0.4 is 16.8 Å². The minimum Gasteiger partial charge on any atom is -0.399 e. The lowest BCUT2D eigenvalue weighted by molar-refractivity contribution is 0.315. The zero-order valence-electron chi connectivity index (χ0n) is 9.42. The van der Waals surface area contributed by atoms with Crippen LogP contribution in [0, 0.1) is 0 Å². The Bertz CT molecular complexity index is 707. The van der Waals surface area contributed by atoms with Crippen LogP contribution in [0.5, 0.6) is 0 Å². The summed E-state index contributed by atoms with van der Waals surface area (Å²) in [6, 6.07) is 11.0. The van der Waals surface area contributed by atoms with Gasteiger partial charge in [-0.1, -0.05) is 6.07 Å². The van der Waals surface area contributed by atoms with Crippen LogP contribution in [-0.2, 0) is 0 Å². The molecule has 5 N–H and O–H groups in total. The molecule has 0 radical (unpaired) electrons. The summed E-state index contributed by atoms with van der Waals surface area (Å²) in [6.07, 6.45) is 0. The van der Waals surface area contributed by atoms with E-state index in [1.807, 2.05) is 30.3 Å². The van der Waals surface area contributed by atoms with E-state index in [9.17, 15) is 0 Å². The SMILES string of the molecule is Nc1cccc(Nc2ccc3nonc3c2N)c1. The first-order chi connectivity index (χ1) is 8.74. The van der Waals surface area contributed by atoms with Crippen LogP contribution in [0.1, 0.15) is 0 Å². The third-order valence-corrected chi connectivity index (χ3v) is 2.63. The number of hydrogen-bond donors (Lipinski definition) is 3. The number of nitrogen functional groups attached to an aromatic ring is 2. The highest BCUT2D eigenvalue weighted by Gasteiger charge is 2.09. The maximum atomic E-state index is 5.99. The second kappa shape index (κ2) is 3.92. The van der Waals surface area contributed by atoms with Crippen LogP contribution in [0.4, 0.5) is 22.7 Å². The minimum atomic E-state index is 0.496. The predicted molar refractivity (Wildman–Crippen MR) is 70.4 cm³/mol. The largest absolute Gasteiger partial charge is 0.399 e. The van der Waals surface area contributed by atoms with Crippen LogP contribution in [0.25, 0.3) is 11.0 Å². The fourth-order valence-electron chi connectivity index (χ4n) is 1.75. The highest BCUT2D eigenvalue weighted by Crippen LogP contribution is 2.29. The highest BCUT2D eigenvalue weighted by molar-refractivity contribution is 5.94. The van der Waals surface area contributed by atoms with E-state index in [4.69, 9.17) is 11.5 Å². The van der Waals surface area contributed by atoms with E-state index >= 15 is 0 Å². The van der Waals surface area contributed by atoms with Crippen molar-refractivity contribution >= 4 is 33.8 Å². The van der Waals surface area contributed by atoms with E-state index in [1.54, 1.807) is 6.07 Å². The number of nitrogens with zero attached hydrogens (tertiary/aromatic N) is 2. The molecule has 0 unspecified atom stereocenters. The third kappa shape index (κ3) is 1.69. The first-order valence-electron chi connectivity index (χ1n) is 5.37. The fourth-order valence-corrected chi connectivity index (χ4v) is 1.75. The van der Waals surface area contributed by atoms with Gasteiger partial charge in [-0.2, -0.15) is 0 Å². The molecule has 1 aromatic heterocycles. The lowest BCUT2D eigenvalue weighted by atomic mass is 10.2. The molecule has 18 heavy (non-hydrogen) atoms. The van der Waals surface area contributed by atoms with Crippen LogP contribution in [0.15, 0.2) is 41.0 Å². The van der Waals surface area contributed by atoms with Gasteiger partial charge in [-0.15, -0.1) is 0 Å². The smallest absolute Gasteiger partial charge is 0.160 e. The summed E-state index contributed by atoms with van der Waals surface area (Å²) < 4.78 is 4.64. The number of nitrogens with one attached hydrogen (secondary N) is 1. The molecule has 3 rings (SSSR count). The number of nitrogens with two attached hydrogens (primary N) is 2. The van der Waals surface area contributed by atoms with Gasteiger partial charge < -0.3 is 16.8 Å². The Morgan fingerprint density at radius 1 is 1.06 bits per heavy atom. The molecule has 0 saturated heterocycles. The summed E-state index contributed by atoms with van der Waals surface area (Å²) in [7, 11) is 0. The summed E-state index contributed by atoms with van der Waals surface area (Å²) in [5.41, 5.74) is 15.7. The van der Waals surface area contributed by atoms with Crippen molar-refractivity contribution in [1.29, 1.82) is 0 Å². The second-order valence-electron chi connectivity index (χ2n) is 3.91. The van der Waals surface area contributed by atoms with Crippen molar-refractivity contribution in [2.45, 2.75) is 0 Å². The van der Waals surface area contributed by atoms with E-state index < -0.39 is 0 Å². The lowest BCUT2D eigenvalue weighted by Gasteiger charge is -2.09.